The summed E-state index contributed by atoms with van der Waals surface area (Å²) in [4.78, 5) is 12.0. The van der Waals surface area contributed by atoms with E-state index in [1.807, 2.05) is 68.4 Å². The SMILES string of the molecule is CCCC(=O)C(C)c1ccc(C#Cc2ccc(OCc3ccoc3)cc2)cc1. The maximum absolute atomic E-state index is 12.0. The van der Waals surface area contributed by atoms with Crippen molar-refractivity contribution in [1.29, 1.82) is 0 Å². The first kappa shape index (κ1) is 19.5. The van der Waals surface area contributed by atoms with Crippen LogP contribution >= 0.6 is 0 Å². The Morgan fingerprint density at radius 2 is 1.64 bits per heavy atom. The zero-order chi connectivity index (χ0) is 19.8. The number of ketones is 1. The van der Waals surface area contributed by atoms with Gasteiger partial charge >= 0.3 is 0 Å². The molecule has 3 heteroatoms. The fourth-order valence-corrected chi connectivity index (χ4v) is 2.82. The summed E-state index contributed by atoms with van der Waals surface area (Å²) in [6.45, 7) is 4.48. The van der Waals surface area contributed by atoms with Gasteiger partial charge in [-0.3, -0.25) is 4.79 Å². The Morgan fingerprint density at radius 3 is 2.21 bits per heavy atom. The van der Waals surface area contributed by atoms with Crippen molar-refractivity contribution in [3.63, 3.8) is 0 Å². The molecule has 0 aliphatic rings. The molecule has 0 aliphatic carbocycles. The highest BCUT2D eigenvalue weighted by molar-refractivity contribution is 5.85. The molecule has 142 valence electrons. The first-order valence-electron chi connectivity index (χ1n) is 9.54. The highest BCUT2D eigenvalue weighted by Gasteiger charge is 2.13. The Morgan fingerprint density at radius 1 is 1.00 bits per heavy atom. The molecular weight excluding hydrogens is 348 g/mol. The highest BCUT2D eigenvalue weighted by Crippen LogP contribution is 2.19. The van der Waals surface area contributed by atoms with Crippen molar-refractivity contribution in [3.05, 3.63) is 89.4 Å². The number of benzene rings is 2. The van der Waals surface area contributed by atoms with E-state index in [1.165, 1.54) is 0 Å². The maximum Gasteiger partial charge on any atom is 0.140 e. The van der Waals surface area contributed by atoms with E-state index < -0.39 is 0 Å². The van der Waals surface area contributed by atoms with Crippen LogP contribution in [0.3, 0.4) is 0 Å². The summed E-state index contributed by atoms with van der Waals surface area (Å²) >= 11 is 0. The molecule has 3 aromatic rings. The lowest BCUT2D eigenvalue weighted by Crippen LogP contribution is -2.08. The predicted octanol–water partition coefficient (Wildman–Crippen LogP) is 5.73. The van der Waals surface area contributed by atoms with Crippen LogP contribution in [-0.2, 0) is 11.4 Å². The molecule has 28 heavy (non-hydrogen) atoms. The Hall–Kier alpha value is -3.25. The fourth-order valence-electron chi connectivity index (χ4n) is 2.82. The first-order chi connectivity index (χ1) is 13.7. The van der Waals surface area contributed by atoms with Crippen LogP contribution in [0.5, 0.6) is 5.75 Å². The third-order valence-electron chi connectivity index (χ3n) is 4.58. The summed E-state index contributed by atoms with van der Waals surface area (Å²) in [6.07, 6.45) is 4.82. The number of carbonyl (C=O) groups excluding carboxylic acids is 1. The number of furan rings is 1. The Kier molecular flexibility index (Phi) is 6.70. The minimum absolute atomic E-state index is 0.0587. The van der Waals surface area contributed by atoms with Crippen molar-refractivity contribution in [1.82, 2.24) is 0 Å². The van der Waals surface area contributed by atoms with Gasteiger partial charge in [-0.15, -0.1) is 0 Å². The number of carbonyl (C=O) groups is 1. The summed E-state index contributed by atoms with van der Waals surface area (Å²) in [5, 5.41) is 0. The third kappa shape index (κ3) is 5.37. The topological polar surface area (TPSA) is 39.4 Å². The molecular formula is C25H24O3. The second-order valence-electron chi connectivity index (χ2n) is 6.75. The van der Waals surface area contributed by atoms with Gasteiger partial charge in [0.2, 0.25) is 0 Å². The van der Waals surface area contributed by atoms with Crippen molar-refractivity contribution >= 4 is 5.78 Å². The van der Waals surface area contributed by atoms with Crippen molar-refractivity contribution in [3.8, 4) is 17.6 Å². The van der Waals surface area contributed by atoms with E-state index in [0.29, 0.717) is 13.0 Å². The van der Waals surface area contributed by atoms with Crippen LogP contribution in [0.4, 0.5) is 0 Å². The Balaban J connectivity index is 1.59. The smallest absolute Gasteiger partial charge is 0.140 e. The highest BCUT2D eigenvalue weighted by atomic mass is 16.5. The average molecular weight is 372 g/mol. The lowest BCUT2D eigenvalue weighted by Gasteiger charge is -2.10. The van der Waals surface area contributed by atoms with Gasteiger partial charge in [-0.05, 0) is 54.4 Å². The number of hydrogen-bond donors (Lipinski definition) is 0. The molecule has 3 nitrogen and oxygen atoms in total. The molecule has 0 fully saturated rings. The second-order valence-corrected chi connectivity index (χ2v) is 6.75. The van der Waals surface area contributed by atoms with Gasteiger partial charge in [0.05, 0.1) is 12.5 Å². The van der Waals surface area contributed by atoms with Gasteiger partial charge in [-0.1, -0.05) is 37.8 Å². The summed E-state index contributed by atoms with van der Waals surface area (Å²) in [7, 11) is 0. The molecule has 0 amide bonds. The standard InChI is InChI=1S/C25H24O3/c1-3-4-25(26)19(2)23-11-7-20(8-12-23)5-6-21-9-13-24(14-10-21)28-18-22-15-16-27-17-22/h7-17,19H,3-4,18H2,1-2H3. The van der Waals surface area contributed by atoms with Crippen LogP contribution in [0.2, 0.25) is 0 Å². The van der Waals surface area contributed by atoms with Crippen molar-refractivity contribution in [2.75, 3.05) is 0 Å². The van der Waals surface area contributed by atoms with E-state index in [2.05, 4.69) is 11.8 Å². The van der Waals surface area contributed by atoms with E-state index >= 15 is 0 Å². The first-order valence-corrected chi connectivity index (χ1v) is 9.54. The largest absolute Gasteiger partial charge is 0.489 e. The number of rotatable bonds is 7. The van der Waals surface area contributed by atoms with E-state index in [-0.39, 0.29) is 11.7 Å². The summed E-state index contributed by atoms with van der Waals surface area (Å²) in [6, 6.07) is 17.5. The van der Waals surface area contributed by atoms with Crippen molar-refractivity contribution in [2.24, 2.45) is 0 Å². The molecule has 1 unspecified atom stereocenters. The van der Waals surface area contributed by atoms with Crippen molar-refractivity contribution < 1.29 is 13.9 Å². The van der Waals surface area contributed by atoms with Crippen LogP contribution < -0.4 is 4.74 Å². The molecule has 0 aliphatic heterocycles. The zero-order valence-electron chi connectivity index (χ0n) is 16.3. The second kappa shape index (κ2) is 9.62. The molecule has 0 bridgehead atoms. The van der Waals surface area contributed by atoms with Crippen LogP contribution in [-0.4, -0.2) is 5.78 Å². The average Bonchev–Trinajstić information content (AvgIpc) is 3.25. The minimum atomic E-state index is -0.0587. The van der Waals surface area contributed by atoms with E-state index in [0.717, 1.165) is 34.4 Å². The number of ether oxygens (including phenoxy) is 1. The quantitative estimate of drug-likeness (QED) is 0.497. The number of hydrogen-bond acceptors (Lipinski definition) is 3. The predicted molar refractivity (Wildman–Crippen MR) is 110 cm³/mol. The molecule has 1 atom stereocenters. The zero-order valence-corrected chi connectivity index (χ0v) is 16.3. The molecule has 0 N–H and O–H groups in total. The van der Waals surface area contributed by atoms with Gasteiger partial charge in [0.1, 0.15) is 18.1 Å². The van der Waals surface area contributed by atoms with E-state index in [9.17, 15) is 4.79 Å². The van der Waals surface area contributed by atoms with Crippen LogP contribution in [0.15, 0.2) is 71.5 Å². The molecule has 3 rings (SSSR count). The molecule has 0 radical (unpaired) electrons. The summed E-state index contributed by atoms with van der Waals surface area (Å²) < 4.78 is 10.7. The van der Waals surface area contributed by atoms with Gasteiger partial charge in [-0.2, -0.15) is 0 Å². The molecule has 2 aromatic carbocycles. The van der Waals surface area contributed by atoms with Crippen LogP contribution in [0.25, 0.3) is 0 Å². The molecule has 1 heterocycles. The molecule has 1 aromatic heterocycles. The van der Waals surface area contributed by atoms with Crippen LogP contribution in [0.1, 0.15) is 54.9 Å². The van der Waals surface area contributed by atoms with Gasteiger partial charge in [-0.25, -0.2) is 0 Å². The lowest BCUT2D eigenvalue weighted by molar-refractivity contribution is -0.120. The van der Waals surface area contributed by atoms with E-state index in [4.69, 9.17) is 9.15 Å². The third-order valence-corrected chi connectivity index (χ3v) is 4.58. The molecule has 0 spiro atoms. The molecule has 0 saturated carbocycles. The normalized spacial score (nSPS) is 11.4. The van der Waals surface area contributed by atoms with Gasteiger partial charge in [0.25, 0.3) is 0 Å². The monoisotopic (exact) mass is 372 g/mol. The maximum atomic E-state index is 12.0. The Labute approximate surface area is 166 Å². The fraction of sp³-hybridized carbons (Fsp3) is 0.240. The van der Waals surface area contributed by atoms with E-state index in [1.54, 1.807) is 12.5 Å². The summed E-state index contributed by atoms with van der Waals surface area (Å²) in [5.41, 5.74) is 3.89. The minimum Gasteiger partial charge on any atom is -0.489 e. The van der Waals surface area contributed by atoms with Gasteiger partial charge < -0.3 is 9.15 Å². The lowest BCUT2D eigenvalue weighted by atomic mass is 9.93. The van der Waals surface area contributed by atoms with Gasteiger partial charge in [0.15, 0.2) is 0 Å². The number of Topliss-reactive ketones (excluding diaryl/α,β-unsaturated/α-hetero) is 1. The van der Waals surface area contributed by atoms with Gasteiger partial charge in [0, 0.05) is 29.0 Å². The van der Waals surface area contributed by atoms with Crippen LogP contribution in [0, 0.1) is 11.8 Å². The Bertz CT molecular complexity index is 940. The summed E-state index contributed by atoms with van der Waals surface area (Å²) in [5.74, 6) is 7.35. The van der Waals surface area contributed by atoms with Crippen molar-refractivity contribution in [2.45, 2.75) is 39.2 Å². The molecule has 0 saturated heterocycles.